The number of carboxylic acids is 1. The summed E-state index contributed by atoms with van der Waals surface area (Å²) in [6.45, 7) is 6.19. The van der Waals surface area contributed by atoms with Gasteiger partial charge in [0.2, 0.25) is 5.91 Å². The van der Waals surface area contributed by atoms with Gasteiger partial charge < -0.3 is 10.4 Å². The molecule has 1 atom stereocenters. The minimum atomic E-state index is -4.66. The van der Waals surface area contributed by atoms with Gasteiger partial charge in [-0.2, -0.15) is 13.2 Å². The van der Waals surface area contributed by atoms with Gasteiger partial charge in [0.25, 0.3) is 0 Å². The highest BCUT2D eigenvalue weighted by atomic mass is 32.2. The second kappa shape index (κ2) is 7.92. The van der Waals surface area contributed by atoms with Crippen LogP contribution >= 0.6 is 11.8 Å². The maximum absolute atomic E-state index is 12.3. The highest BCUT2D eigenvalue weighted by Gasteiger charge is 2.36. The number of thioether (sulfide) groups is 1. The number of rotatable bonds is 6. The standard InChI is InChI=1S/C16H20F3NO3S/c1-15(2,3)10-4-6-11(7-5-10)24-9-13(21)20-12(14(22)23)8-16(17,18)19/h4-7,12H,8-9H2,1-3H3,(H,20,21)(H,22,23). The molecule has 0 spiro atoms. The Kier molecular flexibility index (Phi) is 6.71. The highest BCUT2D eigenvalue weighted by molar-refractivity contribution is 8.00. The molecule has 1 unspecified atom stereocenters. The fourth-order valence-corrected chi connectivity index (χ4v) is 2.58. The van der Waals surface area contributed by atoms with Crippen molar-refractivity contribution in [2.45, 2.75) is 49.7 Å². The van der Waals surface area contributed by atoms with Gasteiger partial charge in [-0.15, -0.1) is 11.8 Å². The summed E-state index contributed by atoms with van der Waals surface area (Å²) in [5.41, 5.74) is 1.11. The molecule has 0 saturated carbocycles. The van der Waals surface area contributed by atoms with Gasteiger partial charge in [-0.3, -0.25) is 4.79 Å². The van der Waals surface area contributed by atoms with Gasteiger partial charge in [-0.05, 0) is 23.1 Å². The zero-order valence-corrected chi connectivity index (χ0v) is 14.4. The molecule has 0 aliphatic carbocycles. The number of carboxylic acid groups (broad SMARTS) is 1. The lowest BCUT2D eigenvalue weighted by Crippen LogP contribution is -2.44. The van der Waals surface area contributed by atoms with Gasteiger partial charge in [0, 0.05) is 4.90 Å². The molecule has 134 valence electrons. The van der Waals surface area contributed by atoms with Crippen LogP contribution in [0, 0.1) is 0 Å². The Bertz CT molecular complexity index is 580. The fourth-order valence-electron chi connectivity index (χ4n) is 1.87. The SMILES string of the molecule is CC(C)(C)c1ccc(SCC(=O)NC(CC(F)(F)F)C(=O)O)cc1. The molecule has 4 nitrogen and oxygen atoms in total. The van der Waals surface area contributed by atoms with E-state index in [9.17, 15) is 22.8 Å². The van der Waals surface area contributed by atoms with Crippen molar-refractivity contribution in [1.82, 2.24) is 5.32 Å². The van der Waals surface area contributed by atoms with Crippen molar-refractivity contribution < 1.29 is 27.9 Å². The molecule has 1 rings (SSSR count). The summed E-state index contributed by atoms with van der Waals surface area (Å²) in [7, 11) is 0. The monoisotopic (exact) mass is 363 g/mol. The zero-order chi connectivity index (χ0) is 18.5. The van der Waals surface area contributed by atoms with Crippen LogP contribution in [0.15, 0.2) is 29.2 Å². The maximum atomic E-state index is 12.3. The summed E-state index contributed by atoms with van der Waals surface area (Å²) in [5, 5.41) is 10.7. The Balaban J connectivity index is 2.57. The number of alkyl halides is 3. The Morgan fingerprint density at radius 1 is 1.17 bits per heavy atom. The summed E-state index contributed by atoms with van der Waals surface area (Å²) in [5.74, 6) is -2.62. The molecular weight excluding hydrogens is 343 g/mol. The van der Waals surface area contributed by atoms with Crippen LogP contribution in [0.25, 0.3) is 0 Å². The number of carbonyl (C=O) groups is 2. The Morgan fingerprint density at radius 3 is 2.12 bits per heavy atom. The highest BCUT2D eigenvalue weighted by Crippen LogP contribution is 2.26. The average Bonchev–Trinajstić information content (AvgIpc) is 2.42. The van der Waals surface area contributed by atoms with E-state index in [1.54, 1.807) is 0 Å². The van der Waals surface area contributed by atoms with Crippen LogP contribution in [0.4, 0.5) is 13.2 Å². The third kappa shape index (κ3) is 7.25. The van der Waals surface area contributed by atoms with Crippen molar-refractivity contribution in [1.29, 1.82) is 0 Å². The zero-order valence-electron chi connectivity index (χ0n) is 13.6. The maximum Gasteiger partial charge on any atom is 0.391 e. The third-order valence-corrected chi connectivity index (χ3v) is 4.17. The van der Waals surface area contributed by atoms with Gasteiger partial charge in [-0.1, -0.05) is 32.9 Å². The predicted molar refractivity (Wildman–Crippen MR) is 86.1 cm³/mol. The molecule has 0 aliphatic heterocycles. The third-order valence-electron chi connectivity index (χ3n) is 3.16. The van der Waals surface area contributed by atoms with E-state index in [1.165, 1.54) is 0 Å². The minimum absolute atomic E-state index is 0.00707. The minimum Gasteiger partial charge on any atom is -0.480 e. The molecular formula is C16H20F3NO3S. The van der Waals surface area contributed by atoms with Crippen molar-refractivity contribution in [2.75, 3.05) is 5.75 Å². The van der Waals surface area contributed by atoms with Gasteiger partial charge >= 0.3 is 12.1 Å². The van der Waals surface area contributed by atoms with E-state index in [2.05, 4.69) is 20.8 Å². The van der Waals surface area contributed by atoms with Crippen LogP contribution in [-0.4, -0.2) is 35.0 Å². The average molecular weight is 363 g/mol. The van der Waals surface area contributed by atoms with Crippen molar-refractivity contribution in [3.63, 3.8) is 0 Å². The first kappa shape index (κ1) is 20.3. The number of hydrogen-bond donors (Lipinski definition) is 2. The van der Waals surface area contributed by atoms with Gasteiger partial charge in [0.1, 0.15) is 6.04 Å². The van der Waals surface area contributed by atoms with E-state index in [1.807, 2.05) is 29.6 Å². The van der Waals surface area contributed by atoms with Crippen LogP contribution in [0.1, 0.15) is 32.8 Å². The number of hydrogen-bond acceptors (Lipinski definition) is 3. The van der Waals surface area contributed by atoms with Crippen molar-refractivity contribution >= 4 is 23.6 Å². The number of aliphatic carboxylic acids is 1. The van der Waals surface area contributed by atoms with E-state index >= 15 is 0 Å². The number of amides is 1. The fraction of sp³-hybridized carbons (Fsp3) is 0.500. The molecule has 1 aromatic carbocycles. The summed E-state index contributed by atoms with van der Waals surface area (Å²) < 4.78 is 36.8. The number of nitrogens with one attached hydrogen (secondary N) is 1. The molecule has 0 radical (unpaired) electrons. The smallest absolute Gasteiger partial charge is 0.391 e. The van der Waals surface area contributed by atoms with E-state index in [0.717, 1.165) is 22.2 Å². The van der Waals surface area contributed by atoms with Crippen LogP contribution < -0.4 is 5.32 Å². The number of halogens is 3. The first-order valence-corrected chi connectivity index (χ1v) is 8.19. The quantitative estimate of drug-likeness (QED) is 0.758. The lowest BCUT2D eigenvalue weighted by Gasteiger charge is -2.19. The first-order valence-electron chi connectivity index (χ1n) is 7.21. The van der Waals surface area contributed by atoms with Crippen LogP contribution in [0.3, 0.4) is 0 Å². The molecule has 0 aromatic heterocycles. The van der Waals surface area contributed by atoms with Crippen LogP contribution in [0.5, 0.6) is 0 Å². The van der Waals surface area contributed by atoms with Crippen LogP contribution in [0.2, 0.25) is 0 Å². The summed E-state index contributed by atoms with van der Waals surface area (Å²) in [4.78, 5) is 23.3. The summed E-state index contributed by atoms with van der Waals surface area (Å²) in [6, 6.07) is 5.51. The van der Waals surface area contributed by atoms with Crippen molar-refractivity contribution in [3.8, 4) is 0 Å². The summed E-state index contributed by atoms with van der Waals surface area (Å²) >= 11 is 1.13. The molecule has 0 bridgehead atoms. The summed E-state index contributed by atoms with van der Waals surface area (Å²) in [6.07, 6.45) is -6.26. The van der Waals surface area contributed by atoms with E-state index in [4.69, 9.17) is 5.11 Å². The Hall–Kier alpha value is -1.70. The van der Waals surface area contributed by atoms with Gasteiger partial charge in [0.15, 0.2) is 0 Å². The van der Waals surface area contributed by atoms with E-state index in [-0.39, 0.29) is 11.2 Å². The molecule has 0 saturated heterocycles. The second-order valence-electron chi connectivity index (χ2n) is 6.34. The van der Waals surface area contributed by atoms with E-state index < -0.39 is 30.5 Å². The predicted octanol–water partition coefficient (Wildman–Crippen LogP) is 3.60. The molecule has 8 heteroatoms. The lowest BCUT2D eigenvalue weighted by atomic mass is 9.87. The van der Waals surface area contributed by atoms with Crippen molar-refractivity contribution in [2.24, 2.45) is 0 Å². The molecule has 1 amide bonds. The van der Waals surface area contributed by atoms with Gasteiger partial charge in [-0.25, -0.2) is 4.79 Å². The molecule has 24 heavy (non-hydrogen) atoms. The number of carbonyl (C=O) groups excluding carboxylic acids is 1. The Labute approximate surface area is 142 Å². The molecule has 0 aliphatic rings. The van der Waals surface area contributed by atoms with Gasteiger partial charge in [0.05, 0.1) is 12.2 Å². The first-order chi connectivity index (χ1) is 10.9. The molecule has 1 aromatic rings. The topological polar surface area (TPSA) is 66.4 Å². The Morgan fingerprint density at radius 2 is 1.71 bits per heavy atom. The second-order valence-corrected chi connectivity index (χ2v) is 7.39. The normalized spacial score (nSPS) is 13.4. The van der Waals surface area contributed by atoms with Crippen LogP contribution in [-0.2, 0) is 15.0 Å². The molecule has 0 fully saturated rings. The molecule has 2 N–H and O–H groups in total. The van der Waals surface area contributed by atoms with Crippen molar-refractivity contribution in [3.05, 3.63) is 29.8 Å². The largest absolute Gasteiger partial charge is 0.480 e. The number of benzene rings is 1. The van der Waals surface area contributed by atoms with E-state index in [0.29, 0.717) is 0 Å². The lowest BCUT2D eigenvalue weighted by molar-refractivity contribution is -0.159. The molecule has 0 heterocycles.